The molecule has 1 fully saturated rings. The second-order valence-corrected chi connectivity index (χ2v) is 9.45. The molecule has 27 heavy (non-hydrogen) atoms. The van der Waals surface area contributed by atoms with E-state index in [1.54, 1.807) is 19.1 Å². The maximum absolute atomic E-state index is 12.7. The van der Waals surface area contributed by atoms with Gasteiger partial charge in [0.05, 0.1) is 4.90 Å². The van der Waals surface area contributed by atoms with Crippen LogP contribution in [0, 0.1) is 0 Å². The number of hydrogen-bond acceptors (Lipinski definition) is 4. The summed E-state index contributed by atoms with van der Waals surface area (Å²) in [5.41, 5.74) is 8.06. The molecule has 1 amide bonds. The van der Waals surface area contributed by atoms with Crippen molar-refractivity contribution in [2.45, 2.75) is 62.3 Å². The monoisotopic (exact) mass is 415 g/mol. The highest BCUT2D eigenvalue weighted by atomic mass is 35.5. The van der Waals surface area contributed by atoms with Gasteiger partial charge >= 0.3 is 0 Å². The fourth-order valence-electron chi connectivity index (χ4n) is 3.94. The van der Waals surface area contributed by atoms with Crippen LogP contribution in [-0.4, -0.2) is 44.4 Å². The lowest BCUT2D eigenvalue weighted by Crippen LogP contribution is -2.51. The largest absolute Gasteiger partial charge is 0.342 e. The van der Waals surface area contributed by atoms with E-state index >= 15 is 0 Å². The summed E-state index contributed by atoms with van der Waals surface area (Å²) in [6.45, 7) is 3.17. The number of carbonyl (C=O) groups is 1. The lowest BCUT2D eigenvalue weighted by atomic mass is 9.83. The first kappa shape index (κ1) is 22.1. The van der Waals surface area contributed by atoms with Crippen LogP contribution in [0.3, 0.4) is 0 Å². The summed E-state index contributed by atoms with van der Waals surface area (Å²) in [7, 11) is -3.58. The maximum atomic E-state index is 12.7. The molecule has 3 N–H and O–H groups in total. The van der Waals surface area contributed by atoms with E-state index in [0.29, 0.717) is 19.5 Å². The van der Waals surface area contributed by atoms with Gasteiger partial charge in [-0.05, 0) is 48.9 Å². The average molecular weight is 416 g/mol. The number of nitrogens with one attached hydrogen (secondary N) is 1. The van der Waals surface area contributed by atoms with Crippen LogP contribution < -0.4 is 10.5 Å². The van der Waals surface area contributed by atoms with Crippen molar-refractivity contribution in [2.75, 3.05) is 19.6 Å². The van der Waals surface area contributed by atoms with E-state index in [9.17, 15) is 13.2 Å². The van der Waals surface area contributed by atoms with E-state index in [1.165, 1.54) is 6.42 Å². The van der Waals surface area contributed by atoms with Crippen molar-refractivity contribution < 1.29 is 13.2 Å². The van der Waals surface area contributed by atoms with Gasteiger partial charge in [0.2, 0.25) is 15.9 Å². The SMILES string of the molecule is CC(=O)N1CCc2ccc(S(=O)(=O)NCC3(N)CCCCC3)cc2CC1.Cl. The van der Waals surface area contributed by atoms with Crippen LogP contribution >= 0.6 is 12.4 Å². The van der Waals surface area contributed by atoms with Crippen molar-refractivity contribution in [3.63, 3.8) is 0 Å². The molecule has 0 atom stereocenters. The lowest BCUT2D eigenvalue weighted by molar-refractivity contribution is -0.128. The molecule has 152 valence electrons. The van der Waals surface area contributed by atoms with Gasteiger partial charge in [-0.1, -0.05) is 25.3 Å². The summed E-state index contributed by atoms with van der Waals surface area (Å²) < 4.78 is 28.2. The third-order valence-corrected chi connectivity index (χ3v) is 7.10. The second kappa shape index (κ2) is 8.90. The van der Waals surface area contributed by atoms with Crippen molar-refractivity contribution in [1.82, 2.24) is 9.62 Å². The third-order valence-electron chi connectivity index (χ3n) is 5.70. The zero-order valence-electron chi connectivity index (χ0n) is 15.9. The number of benzene rings is 1. The molecule has 1 aromatic rings. The summed E-state index contributed by atoms with van der Waals surface area (Å²) in [6.07, 6.45) is 6.45. The van der Waals surface area contributed by atoms with Crippen molar-refractivity contribution >= 4 is 28.3 Å². The van der Waals surface area contributed by atoms with Crippen LogP contribution in [0.2, 0.25) is 0 Å². The Morgan fingerprint density at radius 1 is 1.15 bits per heavy atom. The number of nitrogens with two attached hydrogens (primary N) is 1. The number of nitrogens with zero attached hydrogens (tertiary/aromatic N) is 1. The van der Waals surface area contributed by atoms with Gasteiger partial charge < -0.3 is 10.6 Å². The molecule has 6 nitrogen and oxygen atoms in total. The molecule has 0 radical (unpaired) electrons. The van der Waals surface area contributed by atoms with Crippen molar-refractivity contribution in [3.05, 3.63) is 29.3 Å². The first-order valence-corrected chi connectivity index (χ1v) is 10.9. The smallest absolute Gasteiger partial charge is 0.240 e. The highest BCUT2D eigenvalue weighted by Crippen LogP contribution is 2.26. The fraction of sp³-hybridized carbons (Fsp3) is 0.632. The summed E-state index contributed by atoms with van der Waals surface area (Å²) >= 11 is 0. The molecular weight excluding hydrogens is 386 g/mol. The molecular formula is C19H30ClN3O3S. The Kier molecular flexibility index (Phi) is 7.30. The van der Waals surface area contributed by atoms with Crippen LogP contribution in [0.25, 0.3) is 0 Å². The number of sulfonamides is 1. The summed E-state index contributed by atoms with van der Waals surface area (Å²) in [6, 6.07) is 5.30. The molecule has 3 rings (SSSR count). The Balaban J connectivity index is 0.00000261. The van der Waals surface area contributed by atoms with Gasteiger partial charge in [-0.3, -0.25) is 4.79 Å². The molecule has 8 heteroatoms. The summed E-state index contributed by atoms with van der Waals surface area (Å²) in [4.78, 5) is 13.7. The number of halogens is 1. The lowest BCUT2D eigenvalue weighted by Gasteiger charge is -2.33. The zero-order valence-corrected chi connectivity index (χ0v) is 17.5. The van der Waals surface area contributed by atoms with Gasteiger partial charge in [0, 0.05) is 32.1 Å². The van der Waals surface area contributed by atoms with Crippen LogP contribution in [-0.2, 0) is 27.7 Å². The Morgan fingerprint density at radius 3 is 2.41 bits per heavy atom. The normalized spacial score (nSPS) is 19.6. The van der Waals surface area contributed by atoms with Crippen LogP contribution in [0.1, 0.15) is 50.2 Å². The Labute approximate surface area is 168 Å². The topological polar surface area (TPSA) is 92.5 Å². The van der Waals surface area contributed by atoms with Crippen molar-refractivity contribution in [1.29, 1.82) is 0 Å². The molecule has 0 unspecified atom stereocenters. The molecule has 0 bridgehead atoms. The molecule has 1 aromatic carbocycles. The second-order valence-electron chi connectivity index (χ2n) is 7.68. The summed E-state index contributed by atoms with van der Waals surface area (Å²) in [5.74, 6) is 0.0630. The predicted octanol–water partition coefficient (Wildman–Crippen LogP) is 2.00. The number of rotatable bonds is 4. The van der Waals surface area contributed by atoms with E-state index in [2.05, 4.69) is 4.72 Å². The predicted molar refractivity (Wildman–Crippen MR) is 109 cm³/mol. The van der Waals surface area contributed by atoms with Gasteiger partial charge in [-0.2, -0.15) is 0 Å². The van der Waals surface area contributed by atoms with E-state index in [4.69, 9.17) is 5.73 Å². The molecule has 2 aliphatic rings. The van der Waals surface area contributed by atoms with Gasteiger partial charge in [0.1, 0.15) is 0 Å². The number of hydrogen-bond donors (Lipinski definition) is 2. The first-order chi connectivity index (χ1) is 12.3. The van der Waals surface area contributed by atoms with E-state index in [1.807, 2.05) is 11.0 Å². The highest BCUT2D eigenvalue weighted by Gasteiger charge is 2.29. The summed E-state index contributed by atoms with van der Waals surface area (Å²) in [5, 5.41) is 0. The van der Waals surface area contributed by atoms with Crippen LogP contribution in [0.5, 0.6) is 0 Å². The zero-order chi connectivity index (χ0) is 18.8. The number of fused-ring (bicyclic) bond motifs is 1. The van der Waals surface area contributed by atoms with Crippen molar-refractivity contribution in [2.24, 2.45) is 5.73 Å². The Hall–Kier alpha value is -1.15. The first-order valence-electron chi connectivity index (χ1n) is 9.45. The third kappa shape index (κ3) is 5.44. The molecule has 1 aliphatic heterocycles. The van der Waals surface area contributed by atoms with Gasteiger partial charge in [-0.15, -0.1) is 12.4 Å². The Bertz CT molecular complexity index is 776. The average Bonchev–Trinajstić information content (AvgIpc) is 2.83. The van der Waals surface area contributed by atoms with Gasteiger partial charge in [0.15, 0.2) is 0 Å². The fourth-order valence-corrected chi connectivity index (χ4v) is 5.13. The van der Waals surface area contributed by atoms with Crippen molar-refractivity contribution in [3.8, 4) is 0 Å². The van der Waals surface area contributed by atoms with Gasteiger partial charge in [-0.25, -0.2) is 13.1 Å². The van der Waals surface area contributed by atoms with Crippen LogP contribution in [0.4, 0.5) is 0 Å². The van der Waals surface area contributed by atoms with E-state index in [0.717, 1.165) is 43.2 Å². The molecule has 1 heterocycles. The van der Waals surface area contributed by atoms with E-state index < -0.39 is 15.6 Å². The number of carbonyl (C=O) groups excluding carboxylic acids is 1. The molecule has 1 aliphatic carbocycles. The van der Waals surface area contributed by atoms with E-state index in [-0.39, 0.29) is 29.8 Å². The minimum atomic E-state index is -3.58. The molecule has 0 saturated heterocycles. The van der Waals surface area contributed by atoms with Crippen LogP contribution in [0.15, 0.2) is 23.1 Å². The standard InChI is InChI=1S/C19H29N3O3S.ClH/c1-15(23)22-11-7-16-5-6-18(13-17(16)8-12-22)26(24,25)21-14-19(20)9-3-2-4-10-19;/h5-6,13,21H,2-4,7-12,14,20H2,1H3;1H. The van der Waals surface area contributed by atoms with Gasteiger partial charge in [0.25, 0.3) is 0 Å². The minimum Gasteiger partial charge on any atom is -0.342 e. The molecule has 1 saturated carbocycles. The molecule has 0 spiro atoms. The quantitative estimate of drug-likeness (QED) is 0.786. The number of amides is 1. The Morgan fingerprint density at radius 2 is 1.78 bits per heavy atom. The molecule has 0 aromatic heterocycles. The maximum Gasteiger partial charge on any atom is 0.240 e. The highest BCUT2D eigenvalue weighted by molar-refractivity contribution is 7.89. The minimum absolute atomic E-state index is 0.